The zero-order valence-corrected chi connectivity index (χ0v) is 45.4. The lowest BCUT2D eigenvalue weighted by atomic mass is 9.77. The molecule has 4 N–H and O–H groups in total. The number of fused-ring (bicyclic) bond motifs is 2. The second-order valence-electron chi connectivity index (χ2n) is 21.6. The molecule has 0 spiro atoms. The standard InChI is InChI=1S/C23H29N7O2.C22H34BNO4.C7H7ClN6/c1-23(2,3)32-22(31)26-18-8-6-5-7-15-13-16(9-10-17(15)18)20-24-14-25-21(28-20)27-19-11-12-30(4)29-19;1-20(2,3)26-19(25)24-18-11-9-8-10-15-14-16(12-13-17(15)18)23-27-21(4,5)22(6,7)28-23;1-14-3-2-5(13-14)11-7-10-4-9-6(8)12-7/h9-14,18H,5-8H2,1-4H3,(H,26,31)(H,24,25,27,28,29);12-14,18H,8-11H2,1-7H3,(H,24,25);2-4H,1H3,(H,9,10,11,12,13)/t2*18-;/m11./s1. The molecule has 6 aromatic rings. The molecule has 0 radical (unpaired) electrons. The second-order valence-corrected chi connectivity index (χ2v) is 21.9. The lowest BCUT2D eigenvalue weighted by molar-refractivity contribution is 0.00578. The van der Waals surface area contributed by atoms with Crippen molar-refractivity contribution >= 4 is 59.9 Å². The Balaban J connectivity index is 0.000000174. The summed E-state index contributed by atoms with van der Waals surface area (Å²) in [6.07, 6.45) is 13.7. The Hall–Kier alpha value is -6.71. The number of hydrogen-bond donors (Lipinski definition) is 4. The monoisotopic (exact) mass is 1030 g/mol. The molecule has 0 unspecified atom stereocenters. The quantitative estimate of drug-likeness (QED) is 0.0821. The van der Waals surface area contributed by atoms with Gasteiger partial charge in [-0.15, -0.1) is 0 Å². The number of nitrogens with zero attached hydrogens (tertiary/aromatic N) is 10. The predicted octanol–water partition coefficient (Wildman–Crippen LogP) is 9.59. The van der Waals surface area contributed by atoms with Gasteiger partial charge in [-0.3, -0.25) is 9.36 Å². The fraction of sp³-hybridized carbons (Fsp3) is 0.500. The Morgan fingerprint density at radius 3 is 1.64 bits per heavy atom. The molecule has 1 fully saturated rings. The lowest BCUT2D eigenvalue weighted by Crippen LogP contribution is -2.41. The normalized spacial score (nSPS) is 17.8. The summed E-state index contributed by atoms with van der Waals surface area (Å²) < 4.78 is 26.7. The van der Waals surface area contributed by atoms with Crippen molar-refractivity contribution in [3.05, 3.63) is 101 Å². The molecular weight excluding hydrogens is 963 g/mol. The van der Waals surface area contributed by atoms with Crippen LogP contribution in [0.15, 0.2) is 73.6 Å². The number of amides is 2. The Kier molecular flexibility index (Phi) is 17.3. The molecule has 0 saturated carbocycles. The van der Waals surface area contributed by atoms with Crippen LogP contribution in [0.25, 0.3) is 11.4 Å². The van der Waals surface area contributed by atoms with Crippen LogP contribution in [-0.2, 0) is 45.7 Å². The molecule has 1 saturated heterocycles. The number of ether oxygens (including phenoxy) is 2. The van der Waals surface area contributed by atoms with Crippen molar-refractivity contribution in [1.82, 2.24) is 60.1 Å². The zero-order valence-electron chi connectivity index (χ0n) is 44.6. The highest BCUT2D eigenvalue weighted by atomic mass is 35.5. The number of rotatable bonds is 8. The molecule has 0 bridgehead atoms. The molecule has 5 heterocycles. The van der Waals surface area contributed by atoms with Gasteiger partial charge in [0.15, 0.2) is 17.5 Å². The van der Waals surface area contributed by atoms with Gasteiger partial charge in [0.2, 0.25) is 17.2 Å². The average Bonchev–Trinajstić information content (AvgIpc) is 3.87. The molecular formula is C52H70BClN14O6. The first-order valence-electron chi connectivity index (χ1n) is 25.1. The van der Waals surface area contributed by atoms with Crippen LogP contribution in [0.2, 0.25) is 5.28 Å². The van der Waals surface area contributed by atoms with Gasteiger partial charge in [0.1, 0.15) is 23.9 Å². The Morgan fingerprint density at radius 2 is 1.15 bits per heavy atom. The van der Waals surface area contributed by atoms with Gasteiger partial charge in [0.25, 0.3) is 0 Å². The summed E-state index contributed by atoms with van der Waals surface area (Å²) in [7, 11) is 3.31. The number of carbonyl (C=O) groups excluding carboxylic acids is 2. The summed E-state index contributed by atoms with van der Waals surface area (Å²) in [6.45, 7) is 19.5. The maximum Gasteiger partial charge on any atom is 0.494 e. The van der Waals surface area contributed by atoms with Crippen molar-refractivity contribution in [2.24, 2.45) is 14.1 Å². The summed E-state index contributed by atoms with van der Waals surface area (Å²) in [4.78, 5) is 49.2. The zero-order chi connectivity index (χ0) is 53.4. The Labute approximate surface area is 439 Å². The van der Waals surface area contributed by atoms with E-state index in [9.17, 15) is 9.59 Å². The van der Waals surface area contributed by atoms with E-state index in [1.165, 1.54) is 29.3 Å². The molecule has 3 aliphatic rings. The summed E-state index contributed by atoms with van der Waals surface area (Å²) in [5.74, 6) is 2.73. The second kappa shape index (κ2) is 23.2. The largest absolute Gasteiger partial charge is 0.494 e. The van der Waals surface area contributed by atoms with Gasteiger partial charge >= 0.3 is 19.3 Å². The molecule has 9 rings (SSSR count). The molecule has 1 aliphatic heterocycles. The number of hydrogen-bond acceptors (Lipinski definition) is 16. The highest BCUT2D eigenvalue weighted by molar-refractivity contribution is 6.62. The van der Waals surface area contributed by atoms with E-state index < -0.39 is 11.2 Å². The van der Waals surface area contributed by atoms with Crippen molar-refractivity contribution in [3.8, 4) is 11.4 Å². The third-order valence-corrected chi connectivity index (χ3v) is 12.8. The van der Waals surface area contributed by atoms with E-state index in [4.69, 9.17) is 30.4 Å². The SMILES string of the molecule is CC(C)(C)OC(=O)N[C@@H]1CCCCc2cc(B3OC(C)(C)C(C)(C)O3)ccc21.Cn1ccc(Nc2ncnc(-c3ccc4c(c3)CCCC[C@H]4NC(=O)OC(C)(C)C)n2)n1.Cn1ccc(Nc2ncnc(Cl)n2)n1. The highest BCUT2D eigenvalue weighted by Gasteiger charge is 2.51. The maximum absolute atomic E-state index is 12.4. The molecule has 20 nitrogen and oxygen atoms in total. The Bertz CT molecular complexity index is 2860. The smallest absolute Gasteiger partial charge is 0.444 e. The molecule has 394 valence electrons. The first kappa shape index (κ1) is 55.1. The third-order valence-electron chi connectivity index (χ3n) is 12.6. The molecule has 74 heavy (non-hydrogen) atoms. The Morgan fingerprint density at radius 1 is 0.662 bits per heavy atom. The average molecular weight is 1030 g/mol. The van der Waals surface area contributed by atoms with Gasteiger partial charge in [-0.1, -0.05) is 43.2 Å². The maximum atomic E-state index is 12.4. The number of aryl methyl sites for hydroxylation is 4. The fourth-order valence-electron chi connectivity index (χ4n) is 8.47. The summed E-state index contributed by atoms with van der Waals surface area (Å²) in [6, 6.07) is 16.1. The van der Waals surface area contributed by atoms with Gasteiger partial charge in [0, 0.05) is 44.2 Å². The number of anilines is 4. The van der Waals surface area contributed by atoms with Crippen LogP contribution in [0.1, 0.15) is 142 Å². The van der Waals surface area contributed by atoms with Gasteiger partial charge in [0.05, 0.1) is 23.3 Å². The van der Waals surface area contributed by atoms with E-state index in [0.29, 0.717) is 29.4 Å². The van der Waals surface area contributed by atoms with E-state index >= 15 is 0 Å². The number of carbonyl (C=O) groups is 2. The molecule has 2 aromatic carbocycles. The first-order chi connectivity index (χ1) is 34.9. The number of halogens is 1. The van der Waals surface area contributed by atoms with Crippen LogP contribution < -0.4 is 26.7 Å². The van der Waals surface area contributed by atoms with E-state index in [0.717, 1.165) is 68.0 Å². The van der Waals surface area contributed by atoms with Gasteiger partial charge in [-0.05, 0) is 153 Å². The van der Waals surface area contributed by atoms with Crippen LogP contribution >= 0.6 is 11.6 Å². The van der Waals surface area contributed by atoms with Crippen molar-refractivity contribution < 1.29 is 28.4 Å². The van der Waals surface area contributed by atoms with Gasteiger partial charge in [-0.2, -0.15) is 20.2 Å². The molecule has 22 heteroatoms. The van der Waals surface area contributed by atoms with Crippen molar-refractivity contribution in [2.45, 2.75) is 155 Å². The summed E-state index contributed by atoms with van der Waals surface area (Å²) in [5, 5.41) is 20.6. The fourth-order valence-corrected chi connectivity index (χ4v) is 8.60. The number of benzene rings is 2. The first-order valence-corrected chi connectivity index (χ1v) is 25.4. The molecule has 2 aliphatic carbocycles. The number of alkyl carbamates (subject to hydrolysis) is 2. The number of aromatic nitrogens is 10. The molecule has 4 aromatic heterocycles. The summed E-state index contributed by atoms with van der Waals surface area (Å²) >= 11 is 5.59. The minimum atomic E-state index is -0.527. The molecule has 2 amide bonds. The number of nitrogens with one attached hydrogen (secondary N) is 4. The van der Waals surface area contributed by atoms with Gasteiger partial charge in [-0.25, -0.2) is 29.5 Å². The minimum Gasteiger partial charge on any atom is -0.444 e. The van der Waals surface area contributed by atoms with Crippen molar-refractivity contribution in [3.63, 3.8) is 0 Å². The topological polar surface area (TPSA) is 232 Å². The van der Waals surface area contributed by atoms with Crippen LogP contribution in [0.5, 0.6) is 0 Å². The van der Waals surface area contributed by atoms with Crippen molar-refractivity contribution in [1.29, 1.82) is 0 Å². The van der Waals surface area contributed by atoms with Crippen LogP contribution in [0, 0.1) is 0 Å². The van der Waals surface area contributed by atoms with E-state index in [-0.39, 0.29) is 47.9 Å². The van der Waals surface area contributed by atoms with E-state index in [2.05, 4.69) is 119 Å². The lowest BCUT2D eigenvalue weighted by Gasteiger charge is -2.32. The van der Waals surface area contributed by atoms with Crippen LogP contribution in [0.3, 0.4) is 0 Å². The van der Waals surface area contributed by atoms with Crippen LogP contribution in [0.4, 0.5) is 33.1 Å². The van der Waals surface area contributed by atoms with Gasteiger partial charge < -0.3 is 40.0 Å². The predicted molar refractivity (Wildman–Crippen MR) is 285 cm³/mol. The van der Waals surface area contributed by atoms with Crippen LogP contribution in [-0.4, -0.2) is 91.2 Å². The molecule has 2 atom stereocenters. The third kappa shape index (κ3) is 15.4. The van der Waals surface area contributed by atoms with E-state index in [1.54, 1.807) is 15.4 Å². The summed E-state index contributed by atoms with van der Waals surface area (Å²) in [5.41, 5.74) is 4.95. The minimum absolute atomic E-state index is 0.0281. The highest BCUT2D eigenvalue weighted by Crippen LogP contribution is 2.37. The van der Waals surface area contributed by atoms with Crippen molar-refractivity contribution in [2.75, 3.05) is 10.6 Å². The van der Waals surface area contributed by atoms with E-state index in [1.807, 2.05) is 80.2 Å².